The minimum Gasteiger partial charge on any atom is -0.495 e. The summed E-state index contributed by atoms with van der Waals surface area (Å²) in [5, 5.41) is 9.18. The van der Waals surface area contributed by atoms with Crippen LogP contribution in [0.3, 0.4) is 0 Å². The molecular weight excluding hydrogens is 362 g/mol. The van der Waals surface area contributed by atoms with Crippen molar-refractivity contribution in [3.8, 4) is 5.75 Å². The van der Waals surface area contributed by atoms with Crippen LogP contribution in [-0.4, -0.2) is 33.1 Å². The summed E-state index contributed by atoms with van der Waals surface area (Å²) >= 11 is 3.20. The number of hydrogen-bond acceptors (Lipinski definition) is 4. The molecule has 0 fully saturated rings. The fourth-order valence-electron chi connectivity index (χ4n) is 1.54. The summed E-state index contributed by atoms with van der Waals surface area (Å²) in [5.41, 5.74) is -1.16. The van der Waals surface area contributed by atoms with E-state index in [9.17, 15) is 18.3 Å². The fraction of sp³-hybridized carbons (Fsp3) is 0.462. The lowest BCUT2D eigenvalue weighted by Gasteiger charge is -2.23. The van der Waals surface area contributed by atoms with Gasteiger partial charge in [-0.25, -0.2) is 13.1 Å². The smallest absolute Gasteiger partial charge is 0.310 e. The maximum Gasteiger partial charge on any atom is 0.310 e. The van der Waals surface area contributed by atoms with E-state index in [0.717, 1.165) is 0 Å². The van der Waals surface area contributed by atoms with Crippen LogP contribution in [0.4, 0.5) is 0 Å². The molecule has 6 nitrogen and oxygen atoms in total. The highest BCUT2D eigenvalue weighted by molar-refractivity contribution is 9.10. The number of carbonyl (C=O) groups is 1. The largest absolute Gasteiger partial charge is 0.495 e. The standard InChI is InChI=1S/C13H18BrNO5S/c1-4-13(2,12(16)17)8-15-21(18,19)11-7-9(14)5-6-10(11)20-3/h5-7,15H,4,8H2,1-3H3,(H,16,17). The predicted octanol–water partition coefficient (Wildman–Crippen LogP) is 2.24. The van der Waals surface area contributed by atoms with Crippen molar-refractivity contribution in [2.75, 3.05) is 13.7 Å². The average molecular weight is 380 g/mol. The van der Waals surface area contributed by atoms with Crippen molar-refractivity contribution >= 4 is 31.9 Å². The highest BCUT2D eigenvalue weighted by Crippen LogP contribution is 2.28. The third-order valence-corrected chi connectivity index (χ3v) is 5.28. The molecule has 0 aliphatic rings. The number of hydrogen-bond donors (Lipinski definition) is 2. The van der Waals surface area contributed by atoms with E-state index >= 15 is 0 Å². The van der Waals surface area contributed by atoms with Gasteiger partial charge in [0.2, 0.25) is 10.0 Å². The zero-order chi connectivity index (χ0) is 16.3. The summed E-state index contributed by atoms with van der Waals surface area (Å²) in [5.74, 6) is -0.854. The Labute approximate surface area is 132 Å². The van der Waals surface area contributed by atoms with Gasteiger partial charge in [0.25, 0.3) is 0 Å². The third kappa shape index (κ3) is 4.18. The SMILES string of the molecule is CCC(C)(CNS(=O)(=O)c1cc(Br)ccc1OC)C(=O)O. The number of rotatable bonds is 7. The minimum atomic E-state index is -3.87. The van der Waals surface area contributed by atoms with Gasteiger partial charge in [-0.05, 0) is 31.5 Å². The van der Waals surface area contributed by atoms with Crippen LogP contribution < -0.4 is 9.46 Å². The first-order valence-electron chi connectivity index (χ1n) is 6.23. The van der Waals surface area contributed by atoms with Crippen LogP contribution in [0.2, 0.25) is 0 Å². The van der Waals surface area contributed by atoms with Gasteiger partial charge in [0, 0.05) is 11.0 Å². The van der Waals surface area contributed by atoms with E-state index in [-0.39, 0.29) is 17.2 Å². The van der Waals surface area contributed by atoms with Gasteiger partial charge in [0.1, 0.15) is 10.6 Å². The van der Waals surface area contributed by atoms with E-state index in [2.05, 4.69) is 20.7 Å². The van der Waals surface area contributed by atoms with Gasteiger partial charge in [0.15, 0.2) is 0 Å². The molecule has 118 valence electrons. The Kier molecular flexibility index (Phi) is 5.77. The van der Waals surface area contributed by atoms with Gasteiger partial charge in [0.05, 0.1) is 12.5 Å². The number of carboxylic acids is 1. The number of ether oxygens (including phenoxy) is 1. The lowest BCUT2D eigenvalue weighted by molar-refractivity contribution is -0.147. The molecule has 2 N–H and O–H groups in total. The van der Waals surface area contributed by atoms with Crippen molar-refractivity contribution in [1.82, 2.24) is 4.72 Å². The number of carboxylic acid groups (broad SMARTS) is 1. The van der Waals surface area contributed by atoms with Crippen LogP contribution in [0.1, 0.15) is 20.3 Å². The van der Waals surface area contributed by atoms with Crippen molar-refractivity contribution < 1.29 is 23.1 Å². The summed E-state index contributed by atoms with van der Waals surface area (Å²) in [4.78, 5) is 11.2. The summed E-state index contributed by atoms with van der Waals surface area (Å²) in [7, 11) is -2.50. The molecule has 0 heterocycles. The molecular formula is C13H18BrNO5S. The second kappa shape index (κ2) is 6.76. The van der Waals surface area contributed by atoms with Crippen molar-refractivity contribution in [1.29, 1.82) is 0 Å². The van der Waals surface area contributed by atoms with Crippen LogP contribution in [0, 0.1) is 5.41 Å². The molecule has 0 saturated heterocycles. The topological polar surface area (TPSA) is 92.7 Å². The lowest BCUT2D eigenvalue weighted by Crippen LogP contribution is -2.40. The maximum absolute atomic E-state index is 12.3. The number of sulfonamides is 1. The molecule has 0 aliphatic carbocycles. The number of aliphatic carboxylic acids is 1. The monoisotopic (exact) mass is 379 g/mol. The van der Waals surface area contributed by atoms with Gasteiger partial charge in [-0.15, -0.1) is 0 Å². The van der Waals surface area contributed by atoms with Crippen LogP contribution >= 0.6 is 15.9 Å². The van der Waals surface area contributed by atoms with Gasteiger partial charge in [-0.2, -0.15) is 0 Å². The Morgan fingerprint density at radius 1 is 1.48 bits per heavy atom. The maximum atomic E-state index is 12.3. The van der Waals surface area contributed by atoms with Crippen molar-refractivity contribution in [3.05, 3.63) is 22.7 Å². The molecule has 1 aromatic carbocycles. The summed E-state index contributed by atoms with van der Waals surface area (Å²) in [6.07, 6.45) is 0.306. The second-order valence-electron chi connectivity index (χ2n) is 4.84. The number of halogens is 1. The summed E-state index contributed by atoms with van der Waals surface area (Å²) < 4.78 is 32.6. The molecule has 0 bridgehead atoms. The minimum absolute atomic E-state index is 0.0387. The molecule has 21 heavy (non-hydrogen) atoms. The quantitative estimate of drug-likeness (QED) is 0.757. The van der Waals surface area contributed by atoms with E-state index in [1.54, 1.807) is 13.0 Å². The van der Waals surface area contributed by atoms with E-state index in [0.29, 0.717) is 10.9 Å². The van der Waals surface area contributed by atoms with Crippen molar-refractivity contribution in [3.63, 3.8) is 0 Å². The number of nitrogens with one attached hydrogen (secondary N) is 1. The van der Waals surface area contributed by atoms with Crippen molar-refractivity contribution in [2.45, 2.75) is 25.2 Å². The Hall–Kier alpha value is -1.12. The van der Waals surface area contributed by atoms with Crippen molar-refractivity contribution in [2.24, 2.45) is 5.41 Å². The lowest BCUT2D eigenvalue weighted by atomic mass is 9.88. The van der Waals surface area contributed by atoms with Gasteiger partial charge >= 0.3 is 5.97 Å². The van der Waals surface area contributed by atoms with E-state index in [1.807, 2.05) is 0 Å². The molecule has 0 radical (unpaired) electrons. The molecule has 1 rings (SSSR count). The van der Waals surface area contributed by atoms with Crippen LogP contribution in [0.15, 0.2) is 27.6 Å². The fourth-order valence-corrected chi connectivity index (χ4v) is 3.42. The summed E-state index contributed by atoms with van der Waals surface area (Å²) in [6.45, 7) is 2.99. The number of benzene rings is 1. The molecule has 1 aromatic rings. The van der Waals surface area contributed by atoms with Crippen LogP contribution in [0.5, 0.6) is 5.75 Å². The molecule has 1 unspecified atom stereocenters. The van der Waals surface area contributed by atoms with Gasteiger partial charge in [-0.1, -0.05) is 22.9 Å². The zero-order valence-electron chi connectivity index (χ0n) is 12.0. The number of methoxy groups -OCH3 is 1. The van der Waals surface area contributed by atoms with Gasteiger partial charge in [-0.3, -0.25) is 4.79 Å². The molecule has 0 saturated carbocycles. The van der Waals surface area contributed by atoms with E-state index in [4.69, 9.17) is 4.74 Å². The second-order valence-corrected chi connectivity index (χ2v) is 7.49. The van der Waals surface area contributed by atoms with Crippen LogP contribution in [-0.2, 0) is 14.8 Å². The Morgan fingerprint density at radius 3 is 2.57 bits per heavy atom. The van der Waals surface area contributed by atoms with Gasteiger partial charge < -0.3 is 9.84 Å². The molecule has 8 heteroatoms. The Bertz CT molecular complexity index is 631. The molecule has 0 aromatic heterocycles. The first kappa shape index (κ1) is 17.9. The third-order valence-electron chi connectivity index (χ3n) is 3.36. The highest BCUT2D eigenvalue weighted by Gasteiger charge is 2.33. The summed E-state index contributed by atoms with van der Waals surface area (Å²) in [6, 6.07) is 4.59. The first-order chi connectivity index (χ1) is 9.66. The Balaban J connectivity index is 3.08. The molecule has 0 aliphatic heterocycles. The average Bonchev–Trinajstić information content (AvgIpc) is 2.44. The zero-order valence-corrected chi connectivity index (χ0v) is 14.4. The molecule has 1 atom stereocenters. The van der Waals surface area contributed by atoms with E-state index < -0.39 is 21.4 Å². The highest BCUT2D eigenvalue weighted by atomic mass is 79.9. The van der Waals surface area contributed by atoms with Crippen LogP contribution in [0.25, 0.3) is 0 Å². The Morgan fingerprint density at radius 2 is 2.10 bits per heavy atom. The normalized spacial score (nSPS) is 14.5. The molecule has 0 spiro atoms. The molecule has 0 amide bonds. The van der Waals surface area contributed by atoms with E-state index in [1.165, 1.54) is 26.2 Å². The first-order valence-corrected chi connectivity index (χ1v) is 8.50. The predicted molar refractivity (Wildman–Crippen MR) is 81.9 cm³/mol.